The first-order valence-electron chi connectivity index (χ1n) is 7.51. The molecule has 0 aliphatic carbocycles. The number of hydrogen-bond donors (Lipinski definition) is 0. The first-order chi connectivity index (χ1) is 11.6. The first-order valence-corrected chi connectivity index (χ1v) is 8.30. The Labute approximate surface area is 147 Å². The molecular weight excluding hydrogens is 368 g/mol. The Morgan fingerprint density at radius 3 is 2.75 bits per heavy atom. The third-order valence-corrected chi connectivity index (χ3v) is 4.33. The summed E-state index contributed by atoms with van der Waals surface area (Å²) in [6.07, 6.45) is 1.64. The molecule has 0 saturated heterocycles. The standard InChI is InChI=1S/C20H13BrO3/c1-12-5-7-18-16(9-12)20(22)19(24-18)11-15-6-8-17(23-15)13-3-2-4-14(21)10-13/h2-11H,1H3/b19-11-. The number of aryl methyl sites for hydroxylation is 1. The van der Waals surface area contributed by atoms with E-state index in [0.717, 1.165) is 21.4 Å². The SMILES string of the molecule is Cc1ccc2c(c1)C(=O)/C(=C/c1ccc(-c3cccc(Br)c3)o1)O2. The van der Waals surface area contributed by atoms with E-state index in [0.29, 0.717) is 17.1 Å². The van der Waals surface area contributed by atoms with Gasteiger partial charge in [0.1, 0.15) is 17.3 Å². The molecule has 2 aromatic carbocycles. The molecule has 1 aliphatic rings. The van der Waals surface area contributed by atoms with Gasteiger partial charge in [0, 0.05) is 16.1 Å². The summed E-state index contributed by atoms with van der Waals surface area (Å²) in [6, 6.07) is 17.1. The number of ether oxygens (including phenoxy) is 1. The molecule has 0 radical (unpaired) electrons. The van der Waals surface area contributed by atoms with Gasteiger partial charge in [0.2, 0.25) is 5.78 Å². The van der Waals surface area contributed by atoms with Crippen LogP contribution in [0, 0.1) is 6.92 Å². The van der Waals surface area contributed by atoms with E-state index in [1.54, 1.807) is 6.08 Å². The van der Waals surface area contributed by atoms with Crippen LogP contribution in [0.4, 0.5) is 0 Å². The number of carbonyl (C=O) groups excluding carboxylic acids is 1. The van der Waals surface area contributed by atoms with E-state index in [4.69, 9.17) is 9.15 Å². The molecular formula is C20H13BrO3. The molecule has 118 valence electrons. The van der Waals surface area contributed by atoms with Crippen molar-refractivity contribution in [1.29, 1.82) is 0 Å². The minimum Gasteiger partial charge on any atom is -0.457 e. The third-order valence-electron chi connectivity index (χ3n) is 3.83. The predicted octanol–water partition coefficient (Wildman–Crippen LogP) is 5.63. The maximum absolute atomic E-state index is 12.4. The molecule has 0 unspecified atom stereocenters. The lowest BCUT2D eigenvalue weighted by atomic mass is 10.1. The van der Waals surface area contributed by atoms with Crippen molar-refractivity contribution in [3.05, 3.63) is 81.7 Å². The van der Waals surface area contributed by atoms with Crippen molar-refractivity contribution < 1.29 is 13.9 Å². The zero-order valence-electron chi connectivity index (χ0n) is 12.9. The van der Waals surface area contributed by atoms with E-state index in [9.17, 15) is 4.79 Å². The van der Waals surface area contributed by atoms with Gasteiger partial charge in [0.15, 0.2) is 5.76 Å². The fourth-order valence-corrected chi connectivity index (χ4v) is 3.06. The summed E-state index contributed by atoms with van der Waals surface area (Å²) in [4.78, 5) is 12.4. The Morgan fingerprint density at radius 1 is 1.04 bits per heavy atom. The number of benzene rings is 2. The van der Waals surface area contributed by atoms with Crippen LogP contribution in [-0.2, 0) is 0 Å². The van der Waals surface area contributed by atoms with Crippen LogP contribution in [0.3, 0.4) is 0 Å². The second kappa shape index (κ2) is 5.80. The fraction of sp³-hybridized carbons (Fsp3) is 0.0500. The van der Waals surface area contributed by atoms with Crippen LogP contribution in [-0.4, -0.2) is 5.78 Å². The molecule has 0 fully saturated rings. The van der Waals surface area contributed by atoms with Crippen LogP contribution in [0.25, 0.3) is 17.4 Å². The van der Waals surface area contributed by atoms with E-state index in [-0.39, 0.29) is 11.5 Å². The second-order valence-electron chi connectivity index (χ2n) is 5.65. The van der Waals surface area contributed by atoms with Crippen molar-refractivity contribution in [2.24, 2.45) is 0 Å². The average Bonchev–Trinajstić information content (AvgIpc) is 3.14. The summed E-state index contributed by atoms with van der Waals surface area (Å²) < 4.78 is 12.5. The summed E-state index contributed by atoms with van der Waals surface area (Å²) in [5.41, 5.74) is 2.59. The van der Waals surface area contributed by atoms with Crippen LogP contribution in [0.2, 0.25) is 0 Å². The van der Waals surface area contributed by atoms with E-state index < -0.39 is 0 Å². The highest BCUT2D eigenvalue weighted by molar-refractivity contribution is 9.10. The fourth-order valence-electron chi connectivity index (χ4n) is 2.66. The van der Waals surface area contributed by atoms with Gasteiger partial charge in [0.05, 0.1) is 5.56 Å². The van der Waals surface area contributed by atoms with E-state index in [1.165, 1.54) is 0 Å². The largest absolute Gasteiger partial charge is 0.457 e. The van der Waals surface area contributed by atoms with Crippen molar-refractivity contribution in [2.45, 2.75) is 6.92 Å². The molecule has 1 aromatic heterocycles. The summed E-state index contributed by atoms with van der Waals surface area (Å²) in [7, 11) is 0. The number of fused-ring (bicyclic) bond motifs is 1. The minimum atomic E-state index is -0.117. The molecule has 2 heterocycles. The van der Waals surface area contributed by atoms with Gasteiger partial charge < -0.3 is 9.15 Å². The Bertz CT molecular complexity index is 982. The Balaban J connectivity index is 1.65. The number of Topliss-reactive ketones (excluding diaryl/α,β-unsaturated/α-hetero) is 1. The molecule has 3 aromatic rings. The van der Waals surface area contributed by atoms with Gasteiger partial charge in [-0.25, -0.2) is 0 Å². The van der Waals surface area contributed by atoms with Gasteiger partial charge in [0.25, 0.3) is 0 Å². The highest BCUT2D eigenvalue weighted by atomic mass is 79.9. The van der Waals surface area contributed by atoms with Gasteiger partial charge in [-0.1, -0.05) is 39.7 Å². The van der Waals surface area contributed by atoms with Crippen LogP contribution in [0.5, 0.6) is 5.75 Å². The predicted molar refractivity (Wildman–Crippen MR) is 96.0 cm³/mol. The highest BCUT2D eigenvalue weighted by Crippen LogP contribution is 2.33. The lowest BCUT2D eigenvalue weighted by Gasteiger charge is -1.98. The van der Waals surface area contributed by atoms with E-state index in [2.05, 4.69) is 15.9 Å². The summed E-state index contributed by atoms with van der Waals surface area (Å²) in [6.45, 7) is 1.95. The van der Waals surface area contributed by atoms with Gasteiger partial charge in [-0.2, -0.15) is 0 Å². The normalized spacial score (nSPS) is 14.8. The maximum atomic E-state index is 12.4. The van der Waals surface area contributed by atoms with Gasteiger partial charge in [-0.3, -0.25) is 4.79 Å². The molecule has 0 amide bonds. The number of ketones is 1. The topological polar surface area (TPSA) is 39.4 Å². The van der Waals surface area contributed by atoms with Crippen LogP contribution in [0.15, 0.2) is 69.2 Å². The summed E-state index contributed by atoms with van der Waals surface area (Å²) >= 11 is 3.45. The Hall–Kier alpha value is -2.59. The molecule has 1 aliphatic heterocycles. The highest BCUT2D eigenvalue weighted by Gasteiger charge is 2.27. The molecule has 0 bridgehead atoms. The Kier molecular flexibility index (Phi) is 3.62. The van der Waals surface area contributed by atoms with Gasteiger partial charge in [-0.15, -0.1) is 0 Å². The van der Waals surface area contributed by atoms with Gasteiger partial charge in [-0.05, 0) is 43.3 Å². The average molecular weight is 381 g/mol. The molecule has 0 spiro atoms. The Morgan fingerprint density at radius 2 is 1.92 bits per heavy atom. The number of allylic oxidation sites excluding steroid dienone is 1. The number of rotatable bonds is 2. The van der Waals surface area contributed by atoms with Gasteiger partial charge >= 0.3 is 0 Å². The summed E-state index contributed by atoms with van der Waals surface area (Å²) in [5, 5.41) is 0. The third kappa shape index (κ3) is 2.69. The zero-order chi connectivity index (χ0) is 16.7. The second-order valence-corrected chi connectivity index (χ2v) is 6.57. The van der Waals surface area contributed by atoms with Crippen LogP contribution >= 0.6 is 15.9 Å². The monoisotopic (exact) mass is 380 g/mol. The summed E-state index contributed by atoms with van der Waals surface area (Å²) in [5.74, 6) is 2.08. The van der Waals surface area contributed by atoms with Crippen LogP contribution in [0.1, 0.15) is 21.7 Å². The zero-order valence-corrected chi connectivity index (χ0v) is 14.5. The molecule has 24 heavy (non-hydrogen) atoms. The molecule has 0 N–H and O–H groups in total. The first kappa shape index (κ1) is 15.0. The van der Waals surface area contributed by atoms with Crippen LogP contribution < -0.4 is 4.74 Å². The van der Waals surface area contributed by atoms with E-state index in [1.807, 2.05) is 61.5 Å². The number of halogens is 1. The lowest BCUT2D eigenvalue weighted by Crippen LogP contribution is -1.97. The van der Waals surface area contributed by atoms with Crippen molar-refractivity contribution >= 4 is 27.8 Å². The van der Waals surface area contributed by atoms with Crippen molar-refractivity contribution in [3.63, 3.8) is 0 Å². The molecule has 4 rings (SSSR count). The quantitative estimate of drug-likeness (QED) is 0.540. The molecule has 4 heteroatoms. The minimum absolute atomic E-state index is 0.117. The van der Waals surface area contributed by atoms with Crippen molar-refractivity contribution in [2.75, 3.05) is 0 Å². The molecule has 0 saturated carbocycles. The van der Waals surface area contributed by atoms with Crippen molar-refractivity contribution in [1.82, 2.24) is 0 Å². The van der Waals surface area contributed by atoms with Crippen molar-refractivity contribution in [3.8, 4) is 17.1 Å². The van der Waals surface area contributed by atoms with E-state index >= 15 is 0 Å². The number of furan rings is 1. The number of carbonyl (C=O) groups is 1. The molecule has 3 nitrogen and oxygen atoms in total. The number of hydrogen-bond acceptors (Lipinski definition) is 3. The lowest BCUT2D eigenvalue weighted by molar-refractivity contribution is 0.101. The molecule has 0 atom stereocenters. The maximum Gasteiger partial charge on any atom is 0.232 e. The smallest absolute Gasteiger partial charge is 0.232 e.